The average Bonchev–Trinajstić information content (AvgIpc) is 2.59. The highest BCUT2D eigenvalue weighted by atomic mass is 16.5. The van der Waals surface area contributed by atoms with Gasteiger partial charge in [0.1, 0.15) is 5.54 Å². The Morgan fingerprint density at radius 1 is 1.36 bits per heavy atom. The largest absolute Gasteiger partial charge is 0.378 e. The second kappa shape index (κ2) is 7.85. The zero-order valence-corrected chi connectivity index (χ0v) is 16.3. The lowest BCUT2D eigenvalue weighted by Gasteiger charge is -2.57. The van der Waals surface area contributed by atoms with Gasteiger partial charge in [-0.3, -0.25) is 4.79 Å². The lowest BCUT2D eigenvalue weighted by atomic mass is 9.54. The summed E-state index contributed by atoms with van der Waals surface area (Å²) in [6.07, 6.45) is 0.613. The van der Waals surface area contributed by atoms with Crippen LogP contribution in [-0.4, -0.2) is 42.6 Å². The summed E-state index contributed by atoms with van der Waals surface area (Å²) < 4.78 is 5.70. The van der Waals surface area contributed by atoms with Crippen molar-refractivity contribution < 1.29 is 9.53 Å². The third-order valence-electron chi connectivity index (χ3n) is 5.67. The number of carbonyl (C=O) groups is 1. The van der Waals surface area contributed by atoms with E-state index in [9.17, 15) is 4.79 Å². The van der Waals surface area contributed by atoms with E-state index in [0.29, 0.717) is 19.6 Å². The van der Waals surface area contributed by atoms with Crippen molar-refractivity contribution in [2.75, 3.05) is 20.2 Å². The van der Waals surface area contributed by atoms with Crippen LogP contribution in [0.2, 0.25) is 0 Å². The summed E-state index contributed by atoms with van der Waals surface area (Å²) in [5, 5.41) is 3.02. The molecule has 0 aromatic heterocycles. The van der Waals surface area contributed by atoms with E-state index in [1.54, 1.807) is 0 Å². The number of rotatable bonds is 8. The molecule has 2 rings (SSSR count). The van der Waals surface area contributed by atoms with E-state index in [4.69, 9.17) is 10.5 Å². The fraction of sp³-hybridized carbons (Fsp3) is 0.650. The molecule has 2 unspecified atom stereocenters. The van der Waals surface area contributed by atoms with Gasteiger partial charge in [-0.05, 0) is 31.6 Å². The van der Waals surface area contributed by atoms with Crippen LogP contribution in [0.4, 0.5) is 0 Å². The molecule has 3 N–H and O–H groups in total. The second-order valence-corrected chi connectivity index (χ2v) is 7.67. The summed E-state index contributed by atoms with van der Waals surface area (Å²) in [6.45, 7) is 11.2. The molecular formula is C20H33N3O2. The van der Waals surface area contributed by atoms with Gasteiger partial charge in [0.2, 0.25) is 5.91 Å². The van der Waals surface area contributed by atoms with Crippen LogP contribution in [-0.2, 0) is 22.6 Å². The lowest BCUT2D eigenvalue weighted by molar-refractivity contribution is -0.170. The van der Waals surface area contributed by atoms with Crippen molar-refractivity contribution in [2.45, 2.75) is 58.8 Å². The molecule has 1 aliphatic rings. The molecule has 5 heteroatoms. The zero-order valence-electron chi connectivity index (χ0n) is 16.3. The number of ether oxygens (including phenoxy) is 1. The molecule has 2 atom stereocenters. The summed E-state index contributed by atoms with van der Waals surface area (Å²) >= 11 is 0. The predicted octanol–water partition coefficient (Wildman–Crippen LogP) is 2.29. The number of amides is 1. The van der Waals surface area contributed by atoms with E-state index in [2.05, 4.69) is 36.3 Å². The molecule has 1 saturated carbocycles. The molecule has 1 amide bonds. The van der Waals surface area contributed by atoms with E-state index in [-0.39, 0.29) is 17.4 Å². The molecule has 5 nitrogen and oxygen atoms in total. The Hall–Kier alpha value is -1.43. The van der Waals surface area contributed by atoms with Crippen molar-refractivity contribution in [1.82, 2.24) is 10.2 Å². The standard InChI is InChI=1S/C20H33N3O2/c1-6-23(5)14-16-10-8-9-15(11-16)13-22-18(24)20(21)12-17(25-7-2)19(20,3)4/h8-11,17H,6-7,12-14,21H2,1-5H3,(H,22,24). The number of nitrogens with two attached hydrogens (primary N) is 1. The molecule has 0 saturated heterocycles. The minimum Gasteiger partial charge on any atom is -0.378 e. The zero-order chi connectivity index (χ0) is 18.7. The van der Waals surface area contributed by atoms with Gasteiger partial charge in [-0.2, -0.15) is 0 Å². The first kappa shape index (κ1) is 19.9. The maximum absolute atomic E-state index is 12.7. The Balaban J connectivity index is 1.95. The number of carbonyl (C=O) groups excluding carboxylic acids is 1. The van der Waals surface area contributed by atoms with Crippen molar-refractivity contribution >= 4 is 5.91 Å². The van der Waals surface area contributed by atoms with Crippen molar-refractivity contribution in [3.63, 3.8) is 0 Å². The maximum Gasteiger partial charge on any atom is 0.241 e. The van der Waals surface area contributed by atoms with E-state index in [1.165, 1.54) is 5.56 Å². The van der Waals surface area contributed by atoms with Crippen molar-refractivity contribution in [2.24, 2.45) is 11.1 Å². The predicted molar refractivity (Wildman–Crippen MR) is 101 cm³/mol. The average molecular weight is 348 g/mol. The Kier molecular flexibility index (Phi) is 6.25. The number of nitrogens with zero attached hydrogens (tertiary/aromatic N) is 1. The molecule has 25 heavy (non-hydrogen) atoms. The van der Waals surface area contributed by atoms with Crippen molar-refractivity contribution in [1.29, 1.82) is 0 Å². The Bertz CT molecular complexity index is 602. The van der Waals surface area contributed by atoms with Crippen LogP contribution in [0.25, 0.3) is 0 Å². The quantitative estimate of drug-likeness (QED) is 0.757. The SMILES string of the molecule is CCOC1CC(N)(C(=O)NCc2cccc(CN(C)CC)c2)C1(C)C. The van der Waals surface area contributed by atoms with Gasteiger partial charge < -0.3 is 20.7 Å². The Morgan fingerprint density at radius 2 is 2.04 bits per heavy atom. The van der Waals surface area contributed by atoms with Crippen LogP contribution in [0.3, 0.4) is 0 Å². The minimum atomic E-state index is -0.868. The highest BCUT2D eigenvalue weighted by Crippen LogP contribution is 2.49. The van der Waals surface area contributed by atoms with E-state index >= 15 is 0 Å². The Labute approximate surface area is 151 Å². The van der Waals surface area contributed by atoms with Crippen LogP contribution in [0.15, 0.2) is 24.3 Å². The van der Waals surface area contributed by atoms with Gasteiger partial charge in [0.25, 0.3) is 0 Å². The first-order valence-electron chi connectivity index (χ1n) is 9.19. The Morgan fingerprint density at radius 3 is 2.64 bits per heavy atom. The van der Waals surface area contributed by atoms with Crippen LogP contribution >= 0.6 is 0 Å². The fourth-order valence-electron chi connectivity index (χ4n) is 3.42. The van der Waals surface area contributed by atoms with Gasteiger partial charge in [0.15, 0.2) is 0 Å². The number of nitrogens with one attached hydrogen (secondary N) is 1. The summed E-state index contributed by atoms with van der Waals surface area (Å²) in [5.74, 6) is -0.0930. The first-order valence-corrected chi connectivity index (χ1v) is 9.19. The monoisotopic (exact) mass is 347 g/mol. The van der Waals surface area contributed by atoms with E-state index in [1.807, 2.05) is 32.9 Å². The van der Waals surface area contributed by atoms with Gasteiger partial charge in [-0.15, -0.1) is 0 Å². The normalized spacial score (nSPS) is 24.8. The topological polar surface area (TPSA) is 67.6 Å². The fourth-order valence-corrected chi connectivity index (χ4v) is 3.42. The summed E-state index contributed by atoms with van der Waals surface area (Å²) in [6, 6.07) is 8.33. The first-order chi connectivity index (χ1) is 11.7. The number of hydrogen-bond donors (Lipinski definition) is 2. The molecular weight excluding hydrogens is 314 g/mol. The van der Waals surface area contributed by atoms with Crippen LogP contribution in [0, 0.1) is 5.41 Å². The highest BCUT2D eigenvalue weighted by molar-refractivity contribution is 5.88. The molecule has 1 aromatic carbocycles. The molecule has 0 spiro atoms. The van der Waals surface area contributed by atoms with Crippen molar-refractivity contribution in [3.05, 3.63) is 35.4 Å². The minimum absolute atomic E-state index is 0.0427. The number of hydrogen-bond acceptors (Lipinski definition) is 4. The van der Waals surface area contributed by atoms with Crippen molar-refractivity contribution in [3.8, 4) is 0 Å². The van der Waals surface area contributed by atoms with Gasteiger partial charge in [0.05, 0.1) is 6.10 Å². The molecule has 1 fully saturated rings. The highest BCUT2D eigenvalue weighted by Gasteiger charge is 2.62. The smallest absolute Gasteiger partial charge is 0.241 e. The van der Waals surface area contributed by atoms with Gasteiger partial charge >= 0.3 is 0 Å². The van der Waals surface area contributed by atoms with Gasteiger partial charge in [0, 0.05) is 31.5 Å². The second-order valence-electron chi connectivity index (χ2n) is 7.67. The summed E-state index contributed by atoms with van der Waals surface area (Å²) in [7, 11) is 2.10. The molecule has 0 heterocycles. The maximum atomic E-state index is 12.7. The molecule has 1 aliphatic carbocycles. The lowest BCUT2D eigenvalue weighted by Crippen LogP contribution is -2.75. The van der Waals surface area contributed by atoms with Gasteiger partial charge in [-0.1, -0.05) is 45.0 Å². The molecule has 0 aliphatic heterocycles. The van der Waals surface area contributed by atoms with Crippen LogP contribution < -0.4 is 11.1 Å². The third-order valence-corrected chi connectivity index (χ3v) is 5.67. The molecule has 140 valence electrons. The van der Waals surface area contributed by atoms with E-state index in [0.717, 1.165) is 18.7 Å². The molecule has 1 aromatic rings. The summed E-state index contributed by atoms with van der Waals surface area (Å²) in [4.78, 5) is 14.9. The summed E-state index contributed by atoms with van der Waals surface area (Å²) in [5.41, 5.74) is 7.54. The van der Waals surface area contributed by atoms with Crippen LogP contribution in [0.1, 0.15) is 45.2 Å². The van der Waals surface area contributed by atoms with Gasteiger partial charge in [-0.25, -0.2) is 0 Å². The third kappa shape index (κ3) is 4.05. The van der Waals surface area contributed by atoms with E-state index < -0.39 is 5.54 Å². The molecule has 0 radical (unpaired) electrons. The molecule has 0 bridgehead atoms. The number of benzene rings is 1. The van der Waals surface area contributed by atoms with Crippen LogP contribution in [0.5, 0.6) is 0 Å².